The Hall–Kier alpha value is -0.900. The van der Waals surface area contributed by atoms with E-state index < -0.39 is 0 Å². The lowest BCUT2D eigenvalue weighted by Crippen LogP contribution is -2.25. The van der Waals surface area contributed by atoms with Crippen molar-refractivity contribution >= 4 is 21.8 Å². The summed E-state index contributed by atoms with van der Waals surface area (Å²) in [6.45, 7) is 2.69. The SMILES string of the molecule is CCCC(=O)NCC1CC1c1cc(F)ccc1Br. The summed E-state index contributed by atoms with van der Waals surface area (Å²) >= 11 is 3.45. The Labute approximate surface area is 115 Å². The molecule has 1 N–H and O–H groups in total. The summed E-state index contributed by atoms with van der Waals surface area (Å²) in [6, 6.07) is 4.78. The molecular weight excluding hydrogens is 297 g/mol. The minimum atomic E-state index is -0.200. The van der Waals surface area contributed by atoms with Crippen LogP contribution in [-0.4, -0.2) is 12.5 Å². The van der Waals surface area contributed by atoms with Crippen LogP contribution < -0.4 is 5.32 Å². The molecule has 0 saturated heterocycles. The van der Waals surface area contributed by atoms with Crippen LogP contribution in [0.5, 0.6) is 0 Å². The lowest BCUT2D eigenvalue weighted by Gasteiger charge is -2.06. The minimum absolute atomic E-state index is 0.112. The number of carbonyl (C=O) groups is 1. The molecule has 18 heavy (non-hydrogen) atoms. The molecule has 0 radical (unpaired) electrons. The molecule has 1 aliphatic carbocycles. The third-order valence-corrected chi connectivity index (χ3v) is 4.04. The first-order valence-corrected chi connectivity index (χ1v) is 7.12. The van der Waals surface area contributed by atoms with Gasteiger partial charge in [-0.1, -0.05) is 22.9 Å². The second-order valence-electron chi connectivity index (χ2n) is 4.82. The number of benzene rings is 1. The predicted molar refractivity (Wildman–Crippen MR) is 72.9 cm³/mol. The summed E-state index contributed by atoms with van der Waals surface area (Å²) in [7, 11) is 0. The van der Waals surface area contributed by atoms with Crippen LogP contribution in [-0.2, 0) is 4.79 Å². The van der Waals surface area contributed by atoms with Crippen molar-refractivity contribution in [2.75, 3.05) is 6.54 Å². The Morgan fingerprint density at radius 1 is 1.56 bits per heavy atom. The van der Waals surface area contributed by atoms with Gasteiger partial charge in [-0.15, -0.1) is 0 Å². The highest BCUT2D eigenvalue weighted by Crippen LogP contribution is 2.49. The van der Waals surface area contributed by atoms with E-state index in [-0.39, 0.29) is 11.7 Å². The van der Waals surface area contributed by atoms with Gasteiger partial charge in [-0.25, -0.2) is 4.39 Å². The second kappa shape index (κ2) is 5.83. The molecule has 0 bridgehead atoms. The van der Waals surface area contributed by atoms with Gasteiger partial charge in [0.15, 0.2) is 0 Å². The highest BCUT2D eigenvalue weighted by Gasteiger charge is 2.39. The van der Waals surface area contributed by atoms with E-state index in [2.05, 4.69) is 21.2 Å². The average molecular weight is 314 g/mol. The smallest absolute Gasteiger partial charge is 0.219 e. The molecule has 0 aliphatic heterocycles. The van der Waals surface area contributed by atoms with Crippen molar-refractivity contribution < 1.29 is 9.18 Å². The van der Waals surface area contributed by atoms with Crippen LogP contribution in [0.4, 0.5) is 4.39 Å². The summed E-state index contributed by atoms with van der Waals surface area (Å²) in [6.07, 6.45) is 2.48. The summed E-state index contributed by atoms with van der Waals surface area (Å²) in [5.74, 6) is 0.733. The van der Waals surface area contributed by atoms with Crippen molar-refractivity contribution in [1.82, 2.24) is 5.32 Å². The largest absolute Gasteiger partial charge is 0.356 e. The van der Waals surface area contributed by atoms with E-state index in [1.165, 1.54) is 6.07 Å². The Kier molecular flexibility index (Phi) is 4.38. The van der Waals surface area contributed by atoms with Gasteiger partial charge in [0.05, 0.1) is 0 Å². The third kappa shape index (κ3) is 3.31. The molecule has 0 aromatic heterocycles. The zero-order chi connectivity index (χ0) is 13.1. The Morgan fingerprint density at radius 3 is 3.06 bits per heavy atom. The molecule has 1 amide bonds. The Balaban J connectivity index is 1.87. The van der Waals surface area contributed by atoms with Crippen LogP contribution in [0.3, 0.4) is 0 Å². The van der Waals surface area contributed by atoms with Crippen molar-refractivity contribution in [3.05, 3.63) is 34.1 Å². The van der Waals surface area contributed by atoms with Crippen LogP contribution >= 0.6 is 15.9 Å². The van der Waals surface area contributed by atoms with E-state index in [1.54, 1.807) is 12.1 Å². The fourth-order valence-electron chi connectivity index (χ4n) is 2.21. The normalized spacial score (nSPS) is 21.7. The molecule has 2 unspecified atom stereocenters. The minimum Gasteiger partial charge on any atom is -0.356 e. The molecule has 2 rings (SSSR count). The van der Waals surface area contributed by atoms with E-state index in [4.69, 9.17) is 0 Å². The van der Waals surface area contributed by atoms with Gasteiger partial charge < -0.3 is 5.32 Å². The van der Waals surface area contributed by atoms with Crippen LogP contribution in [0.1, 0.15) is 37.7 Å². The van der Waals surface area contributed by atoms with Crippen LogP contribution in [0.2, 0.25) is 0 Å². The molecule has 98 valence electrons. The Bertz CT molecular complexity index is 449. The fourth-order valence-corrected chi connectivity index (χ4v) is 2.75. The van der Waals surface area contributed by atoms with Crippen LogP contribution in [0.25, 0.3) is 0 Å². The van der Waals surface area contributed by atoms with Gasteiger partial charge in [0.25, 0.3) is 0 Å². The molecule has 0 spiro atoms. The van der Waals surface area contributed by atoms with E-state index >= 15 is 0 Å². The van der Waals surface area contributed by atoms with Gasteiger partial charge in [0.2, 0.25) is 5.91 Å². The summed E-state index contributed by atoms with van der Waals surface area (Å²) < 4.78 is 14.1. The number of halogens is 2. The van der Waals surface area contributed by atoms with Crippen molar-refractivity contribution in [3.63, 3.8) is 0 Å². The van der Waals surface area contributed by atoms with Crippen LogP contribution in [0, 0.1) is 11.7 Å². The van der Waals surface area contributed by atoms with Crippen molar-refractivity contribution in [2.24, 2.45) is 5.92 Å². The second-order valence-corrected chi connectivity index (χ2v) is 5.68. The zero-order valence-electron chi connectivity index (χ0n) is 10.4. The van der Waals surface area contributed by atoms with Gasteiger partial charge in [0, 0.05) is 17.4 Å². The first-order chi connectivity index (χ1) is 8.61. The molecule has 4 heteroatoms. The van der Waals surface area contributed by atoms with Crippen LogP contribution in [0.15, 0.2) is 22.7 Å². The number of nitrogens with one attached hydrogen (secondary N) is 1. The summed E-state index contributed by atoms with van der Waals surface area (Å²) in [4.78, 5) is 11.4. The lowest BCUT2D eigenvalue weighted by molar-refractivity contribution is -0.121. The monoisotopic (exact) mass is 313 g/mol. The van der Waals surface area contributed by atoms with E-state index in [0.717, 1.165) is 22.9 Å². The maximum absolute atomic E-state index is 13.2. The summed E-state index contributed by atoms with van der Waals surface area (Å²) in [5.41, 5.74) is 1.02. The molecule has 2 atom stereocenters. The standard InChI is InChI=1S/C14H17BrFNO/c1-2-3-14(18)17-8-9-6-11(9)12-7-10(16)4-5-13(12)15/h4-5,7,9,11H,2-3,6,8H2,1H3,(H,17,18). The number of amides is 1. The number of carbonyl (C=O) groups excluding carboxylic acids is 1. The molecule has 1 aliphatic rings. The van der Waals surface area contributed by atoms with Gasteiger partial charge in [-0.2, -0.15) is 0 Å². The topological polar surface area (TPSA) is 29.1 Å². The number of hydrogen-bond donors (Lipinski definition) is 1. The highest BCUT2D eigenvalue weighted by atomic mass is 79.9. The van der Waals surface area contributed by atoms with Gasteiger partial charge in [0.1, 0.15) is 5.82 Å². The zero-order valence-corrected chi connectivity index (χ0v) is 12.0. The predicted octanol–water partition coefficient (Wildman–Crippen LogP) is 3.61. The molecule has 2 nitrogen and oxygen atoms in total. The first kappa shape index (κ1) is 13.5. The number of hydrogen-bond acceptors (Lipinski definition) is 1. The quantitative estimate of drug-likeness (QED) is 0.884. The van der Waals surface area contributed by atoms with Crippen molar-refractivity contribution in [3.8, 4) is 0 Å². The van der Waals surface area contributed by atoms with E-state index in [9.17, 15) is 9.18 Å². The van der Waals surface area contributed by atoms with E-state index in [0.29, 0.717) is 24.8 Å². The highest BCUT2D eigenvalue weighted by molar-refractivity contribution is 9.10. The molecular formula is C14H17BrFNO. The maximum Gasteiger partial charge on any atom is 0.219 e. The third-order valence-electron chi connectivity index (χ3n) is 3.32. The number of rotatable bonds is 5. The molecule has 1 saturated carbocycles. The molecule has 1 aromatic carbocycles. The molecule has 1 fully saturated rings. The average Bonchev–Trinajstić information content (AvgIpc) is 3.09. The van der Waals surface area contributed by atoms with Gasteiger partial charge in [-0.3, -0.25) is 4.79 Å². The van der Waals surface area contributed by atoms with E-state index in [1.807, 2.05) is 6.92 Å². The molecule has 0 heterocycles. The molecule has 1 aromatic rings. The maximum atomic E-state index is 13.2. The van der Waals surface area contributed by atoms with Gasteiger partial charge >= 0.3 is 0 Å². The van der Waals surface area contributed by atoms with Crippen molar-refractivity contribution in [2.45, 2.75) is 32.1 Å². The lowest BCUT2D eigenvalue weighted by atomic mass is 10.1. The Morgan fingerprint density at radius 2 is 2.33 bits per heavy atom. The fraction of sp³-hybridized carbons (Fsp3) is 0.500. The van der Waals surface area contributed by atoms with Gasteiger partial charge in [-0.05, 0) is 48.4 Å². The summed E-state index contributed by atoms with van der Waals surface area (Å²) in [5, 5.41) is 2.93. The first-order valence-electron chi connectivity index (χ1n) is 6.33. The van der Waals surface area contributed by atoms with Crippen molar-refractivity contribution in [1.29, 1.82) is 0 Å².